The van der Waals surface area contributed by atoms with Gasteiger partial charge in [0, 0.05) is 23.9 Å². The van der Waals surface area contributed by atoms with Crippen LogP contribution in [0.1, 0.15) is 25.9 Å². The minimum absolute atomic E-state index is 0.00913. The zero-order valence-corrected chi connectivity index (χ0v) is 11.1. The molecule has 1 aromatic heterocycles. The maximum atomic E-state index is 12.7. The molecule has 20 heavy (non-hydrogen) atoms. The summed E-state index contributed by atoms with van der Waals surface area (Å²) in [6.07, 6.45) is 0.449. The molecule has 0 aliphatic rings. The number of carbonyl (C=O) groups excluding carboxylic acids is 1. The largest absolute Gasteiger partial charge is 0.476 e. The highest BCUT2D eigenvalue weighted by Crippen LogP contribution is 2.10. The van der Waals surface area contributed by atoms with E-state index in [9.17, 15) is 14.0 Å². The summed E-state index contributed by atoms with van der Waals surface area (Å²) in [6, 6.07) is 5.23. The van der Waals surface area contributed by atoms with Gasteiger partial charge in [-0.25, -0.2) is 14.2 Å². The van der Waals surface area contributed by atoms with E-state index >= 15 is 0 Å². The number of halogens is 1. The molecule has 7 heteroatoms. The van der Waals surface area contributed by atoms with Crippen LogP contribution in [0.5, 0.6) is 0 Å². The molecule has 1 amide bonds. The molecule has 0 saturated carbocycles. The Morgan fingerprint density at radius 3 is 2.60 bits per heavy atom. The van der Waals surface area contributed by atoms with Crippen molar-refractivity contribution < 1.29 is 19.1 Å². The number of carbonyl (C=O) groups is 2. The van der Waals surface area contributed by atoms with Crippen LogP contribution in [0.3, 0.4) is 0 Å². The van der Waals surface area contributed by atoms with Gasteiger partial charge in [0.2, 0.25) is 0 Å². The fourth-order valence-corrected chi connectivity index (χ4v) is 2.28. The van der Waals surface area contributed by atoms with Gasteiger partial charge in [0.15, 0.2) is 5.69 Å². The second-order valence-corrected chi connectivity index (χ2v) is 4.89. The van der Waals surface area contributed by atoms with Crippen molar-refractivity contribution in [3.8, 4) is 0 Å². The van der Waals surface area contributed by atoms with E-state index in [2.05, 4.69) is 10.3 Å². The molecule has 0 aliphatic heterocycles. The molecule has 0 fully saturated rings. The second kappa shape index (κ2) is 6.25. The van der Waals surface area contributed by atoms with E-state index in [0.29, 0.717) is 23.5 Å². The number of thiazole rings is 1. The van der Waals surface area contributed by atoms with Gasteiger partial charge in [-0.2, -0.15) is 0 Å². The first-order valence-corrected chi connectivity index (χ1v) is 6.65. The summed E-state index contributed by atoms with van der Waals surface area (Å²) >= 11 is 1.23. The number of carboxylic acid groups (broad SMARTS) is 1. The summed E-state index contributed by atoms with van der Waals surface area (Å²) < 4.78 is 12.7. The monoisotopic (exact) mass is 294 g/mol. The minimum Gasteiger partial charge on any atom is -0.476 e. The van der Waals surface area contributed by atoms with E-state index in [1.165, 1.54) is 41.0 Å². The first-order chi connectivity index (χ1) is 9.56. The van der Waals surface area contributed by atoms with Crippen molar-refractivity contribution in [1.29, 1.82) is 0 Å². The summed E-state index contributed by atoms with van der Waals surface area (Å²) in [5.41, 5.74) is 0.381. The fraction of sp³-hybridized carbons (Fsp3) is 0.154. The molecular formula is C13H11FN2O3S. The van der Waals surface area contributed by atoms with Gasteiger partial charge in [-0.3, -0.25) is 4.79 Å². The van der Waals surface area contributed by atoms with Crippen LogP contribution in [0.15, 0.2) is 29.6 Å². The Labute approximate surface area is 118 Å². The van der Waals surface area contributed by atoms with E-state index in [4.69, 9.17) is 5.11 Å². The Morgan fingerprint density at radius 2 is 2.00 bits per heavy atom. The van der Waals surface area contributed by atoms with Crippen molar-refractivity contribution in [3.63, 3.8) is 0 Å². The van der Waals surface area contributed by atoms with Crippen LogP contribution >= 0.6 is 11.3 Å². The van der Waals surface area contributed by atoms with Gasteiger partial charge < -0.3 is 10.4 Å². The highest BCUT2D eigenvalue weighted by Gasteiger charge is 2.09. The van der Waals surface area contributed by atoms with Gasteiger partial charge in [-0.05, 0) is 24.3 Å². The molecule has 5 nitrogen and oxygen atoms in total. The molecule has 0 unspecified atom stereocenters. The Balaban J connectivity index is 1.84. The Kier molecular flexibility index (Phi) is 4.41. The average molecular weight is 294 g/mol. The number of aromatic carboxylic acids is 1. The Hall–Kier alpha value is -2.28. The van der Waals surface area contributed by atoms with Gasteiger partial charge in [0.1, 0.15) is 5.82 Å². The van der Waals surface area contributed by atoms with E-state index in [0.717, 1.165) is 0 Å². The van der Waals surface area contributed by atoms with E-state index in [1.54, 1.807) is 0 Å². The SMILES string of the molecule is O=C(NCCc1nc(C(=O)O)cs1)c1ccc(F)cc1. The molecule has 0 saturated heterocycles. The lowest BCUT2D eigenvalue weighted by molar-refractivity contribution is 0.0690. The maximum absolute atomic E-state index is 12.7. The summed E-state index contributed by atoms with van der Waals surface area (Å²) in [4.78, 5) is 26.3. The highest BCUT2D eigenvalue weighted by atomic mass is 32.1. The molecule has 0 bridgehead atoms. The van der Waals surface area contributed by atoms with Crippen molar-refractivity contribution in [1.82, 2.24) is 10.3 Å². The predicted molar refractivity (Wildman–Crippen MR) is 71.5 cm³/mol. The van der Waals surface area contributed by atoms with Crippen molar-refractivity contribution in [2.45, 2.75) is 6.42 Å². The van der Waals surface area contributed by atoms with Crippen molar-refractivity contribution in [2.24, 2.45) is 0 Å². The lowest BCUT2D eigenvalue weighted by Crippen LogP contribution is -2.25. The van der Waals surface area contributed by atoms with Crippen molar-refractivity contribution in [2.75, 3.05) is 6.54 Å². The number of rotatable bonds is 5. The average Bonchev–Trinajstić information content (AvgIpc) is 2.88. The molecule has 2 aromatic rings. The van der Waals surface area contributed by atoms with Gasteiger partial charge in [0.25, 0.3) is 5.91 Å². The summed E-state index contributed by atoms with van der Waals surface area (Å²) in [7, 11) is 0. The molecule has 2 rings (SSSR count). The van der Waals surface area contributed by atoms with Crippen LogP contribution in [0.25, 0.3) is 0 Å². The van der Waals surface area contributed by atoms with Gasteiger partial charge >= 0.3 is 5.97 Å². The molecule has 0 aliphatic carbocycles. The Morgan fingerprint density at radius 1 is 1.30 bits per heavy atom. The Bertz CT molecular complexity index is 625. The number of benzene rings is 1. The van der Waals surface area contributed by atoms with Crippen LogP contribution in [0.4, 0.5) is 4.39 Å². The summed E-state index contributed by atoms with van der Waals surface area (Å²) in [6.45, 7) is 0.336. The molecule has 1 heterocycles. The number of carboxylic acids is 1. The summed E-state index contributed by atoms with van der Waals surface area (Å²) in [5, 5.41) is 13.5. The predicted octanol–water partition coefficient (Wildman–Crippen LogP) is 1.95. The standard InChI is InChI=1S/C13H11FN2O3S/c14-9-3-1-8(2-4-9)12(17)15-6-5-11-16-10(7-20-11)13(18)19/h1-4,7H,5-6H2,(H,15,17)(H,18,19). The minimum atomic E-state index is -1.07. The molecule has 1 aromatic carbocycles. The van der Waals surface area contributed by atoms with Gasteiger partial charge in [0.05, 0.1) is 5.01 Å². The van der Waals surface area contributed by atoms with Crippen LogP contribution < -0.4 is 5.32 Å². The number of nitrogens with one attached hydrogen (secondary N) is 1. The third-order valence-corrected chi connectivity index (χ3v) is 3.41. The van der Waals surface area contributed by atoms with Crippen molar-refractivity contribution >= 4 is 23.2 Å². The van der Waals surface area contributed by atoms with Crippen LogP contribution in [0.2, 0.25) is 0 Å². The third kappa shape index (κ3) is 3.61. The first kappa shape index (κ1) is 14.1. The van der Waals surface area contributed by atoms with Crippen LogP contribution in [-0.2, 0) is 6.42 Å². The summed E-state index contributed by atoms with van der Waals surface area (Å²) in [5.74, 6) is -1.77. The highest BCUT2D eigenvalue weighted by molar-refractivity contribution is 7.09. The smallest absolute Gasteiger partial charge is 0.355 e. The van der Waals surface area contributed by atoms with E-state index < -0.39 is 11.8 Å². The van der Waals surface area contributed by atoms with E-state index in [1.807, 2.05) is 0 Å². The molecule has 104 valence electrons. The molecular weight excluding hydrogens is 283 g/mol. The lowest BCUT2D eigenvalue weighted by atomic mass is 10.2. The molecule has 0 atom stereocenters. The number of amides is 1. The molecule has 0 radical (unpaired) electrons. The fourth-order valence-electron chi connectivity index (χ4n) is 1.51. The first-order valence-electron chi connectivity index (χ1n) is 5.78. The number of hydrogen-bond acceptors (Lipinski definition) is 4. The molecule has 0 spiro atoms. The van der Waals surface area contributed by atoms with Crippen LogP contribution in [-0.4, -0.2) is 28.5 Å². The second-order valence-electron chi connectivity index (χ2n) is 3.94. The third-order valence-electron chi connectivity index (χ3n) is 2.50. The van der Waals surface area contributed by atoms with Gasteiger partial charge in [-0.15, -0.1) is 11.3 Å². The normalized spacial score (nSPS) is 10.2. The topological polar surface area (TPSA) is 79.3 Å². The zero-order chi connectivity index (χ0) is 14.5. The van der Waals surface area contributed by atoms with Gasteiger partial charge in [-0.1, -0.05) is 0 Å². The maximum Gasteiger partial charge on any atom is 0.355 e. The zero-order valence-electron chi connectivity index (χ0n) is 10.3. The van der Waals surface area contributed by atoms with Crippen molar-refractivity contribution in [3.05, 3.63) is 51.7 Å². The van der Waals surface area contributed by atoms with E-state index in [-0.39, 0.29) is 11.6 Å². The lowest BCUT2D eigenvalue weighted by Gasteiger charge is -2.03. The number of hydrogen-bond donors (Lipinski definition) is 2. The number of aromatic nitrogens is 1. The number of nitrogens with zero attached hydrogens (tertiary/aromatic N) is 1. The van der Waals surface area contributed by atoms with Crippen LogP contribution in [0, 0.1) is 5.82 Å². The quantitative estimate of drug-likeness (QED) is 0.883. The molecule has 2 N–H and O–H groups in total.